The van der Waals surface area contributed by atoms with Crippen molar-refractivity contribution in [3.63, 3.8) is 0 Å². The molecule has 0 saturated heterocycles. The monoisotopic (exact) mass is 342 g/mol. The van der Waals surface area contributed by atoms with Crippen molar-refractivity contribution in [1.29, 1.82) is 0 Å². The fourth-order valence-electron chi connectivity index (χ4n) is 2.85. The molecule has 0 aromatic rings. The van der Waals surface area contributed by atoms with Crippen LogP contribution in [0.1, 0.15) is 104 Å². The second-order valence-corrected chi connectivity index (χ2v) is 6.85. The average molecular weight is 343 g/mol. The molecule has 4 heteroatoms. The molecule has 1 N–H and O–H groups in total. The van der Waals surface area contributed by atoms with Gasteiger partial charge in [-0.25, -0.2) is 0 Å². The fourth-order valence-corrected chi connectivity index (χ4v) is 2.85. The van der Waals surface area contributed by atoms with Crippen LogP contribution in [0.2, 0.25) is 0 Å². The molecule has 0 aliphatic heterocycles. The Labute approximate surface area is 148 Å². The quantitative estimate of drug-likeness (QED) is 0.271. The van der Waals surface area contributed by atoms with Crippen LogP contribution in [0.5, 0.6) is 0 Å². The van der Waals surface area contributed by atoms with Crippen LogP contribution in [0.3, 0.4) is 0 Å². The lowest BCUT2D eigenvalue weighted by Gasteiger charge is -2.16. The molecular formula is C20H38O4. The smallest absolute Gasteiger partial charge is 0.305 e. The van der Waals surface area contributed by atoms with Crippen molar-refractivity contribution in [3.8, 4) is 0 Å². The second-order valence-electron chi connectivity index (χ2n) is 6.85. The Kier molecular flexibility index (Phi) is 16.0. The summed E-state index contributed by atoms with van der Waals surface area (Å²) in [7, 11) is 0. The van der Waals surface area contributed by atoms with Gasteiger partial charge < -0.3 is 9.84 Å². The van der Waals surface area contributed by atoms with Gasteiger partial charge in [0.1, 0.15) is 0 Å². The third-order valence-corrected chi connectivity index (χ3v) is 4.43. The molecular weight excluding hydrogens is 304 g/mol. The van der Waals surface area contributed by atoms with Gasteiger partial charge in [-0.3, -0.25) is 9.59 Å². The van der Waals surface area contributed by atoms with Crippen molar-refractivity contribution in [2.45, 2.75) is 104 Å². The predicted octanol–water partition coefficient (Wildman–Crippen LogP) is 5.73. The molecule has 1 unspecified atom stereocenters. The van der Waals surface area contributed by atoms with Crippen molar-refractivity contribution in [1.82, 2.24) is 0 Å². The van der Waals surface area contributed by atoms with Gasteiger partial charge >= 0.3 is 11.9 Å². The lowest BCUT2D eigenvalue weighted by molar-refractivity contribution is -0.145. The van der Waals surface area contributed by atoms with Gasteiger partial charge in [-0.15, -0.1) is 0 Å². The number of hydrogen-bond donors (Lipinski definition) is 1. The average Bonchev–Trinajstić information content (AvgIpc) is 2.56. The summed E-state index contributed by atoms with van der Waals surface area (Å²) in [6.07, 6.45) is 13.7. The van der Waals surface area contributed by atoms with Crippen LogP contribution in [0.25, 0.3) is 0 Å². The minimum absolute atomic E-state index is 0.0942. The van der Waals surface area contributed by atoms with Crippen LogP contribution in [0.15, 0.2) is 0 Å². The summed E-state index contributed by atoms with van der Waals surface area (Å²) >= 11 is 0. The Hall–Kier alpha value is -1.06. The summed E-state index contributed by atoms with van der Waals surface area (Å²) in [4.78, 5) is 22.2. The topological polar surface area (TPSA) is 63.6 Å². The minimum atomic E-state index is -0.744. The summed E-state index contributed by atoms with van der Waals surface area (Å²) in [5.74, 6) is -0.323. The Morgan fingerprint density at radius 3 is 2.00 bits per heavy atom. The predicted molar refractivity (Wildman–Crippen MR) is 98.1 cm³/mol. The van der Waals surface area contributed by atoms with Gasteiger partial charge in [-0.1, -0.05) is 65.2 Å². The first-order valence-corrected chi connectivity index (χ1v) is 9.97. The number of ether oxygens (including phenoxy) is 1. The number of carboxylic acids is 1. The number of rotatable bonds is 17. The van der Waals surface area contributed by atoms with Gasteiger partial charge in [0.15, 0.2) is 0 Å². The zero-order chi connectivity index (χ0) is 18.0. The molecule has 0 radical (unpaired) electrons. The fraction of sp³-hybridized carbons (Fsp3) is 0.900. The third-order valence-electron chi connectivity index (χ3n) is 4.43. The highest BCUT2D eigenvalue weighted by molar-refractivity contribution is 5.69. The summed E-state index contributed by atoms with van der Waals surface area (Å²) in [5.41, 5.74) is 0. The summed E-state index contributed by atoms with van der Waals surface area (Å²) in [6.45, 7) is 4.99. The molecule has 0 saturated carbocycles. The molecule has 4 nitrogen and oxygen atoms in total. The van der Waals surface area contributed by atoms with E-state index in [-0.39, 0.29) is 12.4 Å². The van der Waals surface area contributed by atoms with E-state index in [2.05, 4.69) is 13.8 Å². The number of esters is 1. The number of carbonyl (C=O) groups excluding carboxylic acids is 1. The Balaban J connectivity index is 3.75. The summed E-state index contributed by atoms with van der Waals surface area (Å²) < 4.78 is 5.47. The molecule has 0 rings (SSSR count). The molecule has 24 heavy (non-hydrogen) atoms. The highest BCUT2D eigenvalue weighted by Crippen LogP contribution is 2.18. The van der Waals surface area contributed by atoms with E-state index >= 15 is 0 Å². The van der Waals surface area contributed by atoms with Crippen LogP contribution in [0.4, 0.5) is 0 Å². The maximum absolute atomic E-state index is 11.8. The van der Waals surface area contributed by atoms with Crippen molar-refractivity contribution in [2.24, 2.45) is 5.92 Å². The standard InChI is InChI=1S/C20H38O4/c1-3-5-7-10-14-18(13-6-4-2)17-24-20(23)16-12-9-8-11-15-19(21)22/h18H,3-17H2,1-2H3,(H,21,22). The molecule has 0 aliphatic carbocycles. The van der Waals surface area contributed by atoms with Gasteiger partial charge in [0.05, 0.1) is 6.61 Å². The highest BCUT2D eigenvalue weighted by Gasteiger charge is 2.11. The SMILES string of the molecule is CCCCCCC(CCCC)COC(=O)CCCCCCC(=O)O. The van der Waals surface area contributed by atoms with E-state index in [4.69, 9.17) is 9.84 Å². The number of hydrogen-bond acceptors (Lipinski definition) is 3. The maximum atomic E-state index is 11.8. The molecule has 0 aromatic carbocycles. The molecule has 142 valence electrons. The van der Waals surface area contributed by atoms with Crippen molar-refractivity contribution in [2.75, 3.05) is 6.61 Å². The molecule has 0 aliphatic rings. The van der Waals surface area contributed by atoms with Crippen molar-refractivity contribution < 1.29 is 19.4 Å². The summed E-state index contributed by atoms with van der Waals surface area (Å²) in [6, 6.07) is 0. The Bertz CT molecular complexity index is 315. The molecule has 0 fully saturated rings. The van der Waals surface area contributed by atoms with Crippen LogP contribution < -0.4 is 0 Å². The van der Waals surface area contributed by atoms with E-state index in [1.165, 1.54) is 44.9 Å². The molecule has 1 atom stereocenters. The Morgan fingerprint density at radius 2 is 1.38 bits per heavy atom. The van der Waals surface area contributed by atoms with E-state index < -0.39 is 5.97 Å². The first kappa shape index (κ1) is 22.9. The summed E-state index contributed by atoms with van der Waals surface area (Å²) in [5, 5.41) is 8.56. The minimum Gasteiger partial charge on any atom is -0.481 e. The zero-order valence-electron chi connectivity index (χ0n) is 15.9. The van der Waals surface area contributed by atoms with E-state index in [9.17, 15) is 9.59 Å². The molecule has 0 spiro atoms. The van der Waals surface area contributed by atoms with Crippen LogP contribution in [0, 0.1) is 5.92 Å². The van der Waals surface area contributed by atoms with Gasteiger partial charge in [-0.05, 0) is 31.6 Å². The van der Waals surface area contributed by atoms with Crippen molar-refractivity contribution in [3.05, 3.63) is 0 Å². The third kappa shape index (κ3) is 15.8. The number of aliphatic carboxylic acids is 1. The maximum Gasteiger partial charge on any atom is 0.305 e. The van der Waals surface area contributed by atoms with E-state index in [0.29, 0.717) is 25.4 Å². The van der Waals surface area contributed by atoms with Crippen LogP contribution >= 0.6 is 0 Å². The zero-order valence-corrected chi connectivity index (χ0v) is 15.9. The molecule has 0 aromatic heterocycles. The first-order valence-electron chi connectivity index (χ1n) is 9.97. The van der Waals surface area contributed by atoms with Crippen LogP contribution in [-0.4, -0.2) is 23.7 Å². The number of carbonyl (C=O) groups is 2. The van der Waals surface area contributed by atoms with Crippen LogP contribution in [-0.2, 0) is 14.3 Å². The highest BCUT2D eigenvalue weighted by atomic mass is 16.5. The largest absolute Gasteiger partial charge is 0.481 e. The normalized spacial score (nSPS) is 12.1. The van der Waals surface area contributed by atoms with Gasteiger partial charge in [-0.2, -0.15) is 0 Å². The van der Waals surface area contributed by atoms with Crippen molar-refractivity contribution >= 4 is 11.9 Å². The number of carboxylic acid groups (broad SMARTS) is 1. The van der Waals surface area contributed by atoms with Gasteiger partial charge in [0.25, 0.3) is 0 Å². The van der Waals surface area contributed by atoms with E-state index in [0.717, 1.165) is 25.7 Å². The lowest BCUT2D eigenvalue weighted by Crippen LogP contribution is -2.14. The molecule has 0 bridgehead atoms. The Morgan fingerprint density at radius 1 is 0.792 bits per heavy atom. The van der Waals surface area contributed by atoms with Gasteiger partial charge in [0.2, 0.25) is 0 Å². The lowest BCUT2D eigenvalue weighted by atomic mass is 9.96. The number of unbranched alkanes of at least 4 members (excludes halogenated alkanes) is 7. The first-order chi connectivity index (χ1) is 11.6. The molecule has 0 heterocycles. The molecule has 0 amide bonds. The van der Waals surface area contributed by atoms with E-state index in [1.54, 1.807) is 0 Å². The van der Waals surface area contributed by atoms with Gasteiger partial charge in [0, 0.05) is 12.8 Å². The van der Waals surface area contributed by atoms with E-state index in [1.807, 2.05) is 0 Å². The second kappa shape index (κ2) is 16.8.